The number of piperidine rings is 1. The molecule has 1 aliphatic rings. The van der Waals surface area contributed by atoms with E-state index in [1.54, 1.807) is 14.0 Å². The lowest BCUT2D eigenvalue weighted by Crippen LogP contribution is -2.26. The Morgan fingerprint density at radius 2 is 2.05 bits per heavy atom. The van der Waals surface area contributed by atoms with Gasteiger partial charge in [0.1, 0.15) is 5.78 Å². The largest absolute Gasteiger partial charge is 0.493 e. The summed E-state index contributed by atoms with van der Waals surface area (Å²) in [6.45, 7) is 4.12. The third kappa shape index (κ3) is 3.97. The fraction of sp³-hybridized carbons (Fsp3) is 0.562. The molecule has 0 bridgehead atoms. The maximum atomic E-state index is 10.9. The fourth-order valence-corrected chi connectivity index (χ4v) is 2.52. The van der Waals surface area contributed by atoms with Crippen LogP contribution in [0.4, 0.5) is 0 Å². The van der Waals surface area contributed by atoms with Crippen molar-refractivity contribution in [2.45, 2.75) is 32.1 Å². The number of benzene rings is 1. The molecule has 1 aliphatic heterocycles. The highest BCUT2D eigenvalue weighted by atomic mass is 16.5. The van der Waals surface area contributed by atoms with E-state index in [2.05, 4.69) is 17.4 Å². The smallest absolute Gasteiger partial charge is 0.161 e. The van der Waals surface area contributed by atoms with Crippen molar-refractivity contribution < 1.29 is 14.3 Å². The van der Waals surface area contributed by atoms with Crippen molar-refractivity contribution >= 4 is 5.78 Å². The second-order valence-corrected chi connectivity index (χ2v) is 5.24. The van der Waals surface area contributed by atoms with Crippen molar-refractivity contribution in [2.24, 2.45) is 0 Å². The van der Waals surface area contributed by atoms with Crippen molar-refractivity contribution in [3.05, 3.63) is 23.8 Å². The molecular formula is C16H23NO3. The maximum Gasteiger partial charge on any atom is 0.161 e. The standard InChI is InChI=1S/C16H23NO3/c1-12(18)7-10-20-15-4-3-14(11-16(15)19-2)13-5-8-17-9-6-13/h3-4,11,13,17H,5-10H2,1-2H3. The Kier molecular flexibility index (Phi) is 5.41. The molecule has 1 fully saturated rings. The Hall–Kier alpha value is -1.55. The molecule has 1 saturated heterocycles. The Balaban J connectivity index is 2.04. The second-order valence-electron chi connectivity index (χ2n) is 5.24. The van der Waals surface area contributed by atoms with Crippen molar-refractivity contribution in [3.8, 4) is 11.5 Å². The molecule has 0 atom stereocenters. The molecule has 1 heterocycles. The van der Waals surface area contributed by atoms with Crippen LogP contribution in [0.3, 0.4) is 0 Å². The number of ketones is 1. The summed E-state index contributed by atoms with van der Waals surface area (Å²) in [7, 11) is 1.65. The van der Waals surface area contributed by atoms with E-state index in [0.29, 0.717) is 24.7 Å². The summed E-state index contributed by atoms with van der Waals surface area (Å²) in [5, 5.41) is 3.38. The van der Waals surface area contributed by atoms with E-state index in [1.165, 1.54) is 5.56 Å². The van der Waals surface area contributed by atoms with E-state index in [1.807, 2.05) is 6.07 Å². The average Bonchev–Trinajstić information content (AvgIpc) is 2.48. The van der Waals surface area contributed by atoms with Gasteiger partial charge >= 0.3 is 0 Å². The Bertz CT molecular complexity index is 453. The number of ether oxygens (including phenoxy) is 2. The van der Waals surface area contributed by atoms with Gasteiger partial charge in [0.2, 0.25) is 0 Å². The lowest BCUT2D eigenvalue weighted by molar-refractivity contribution is -0.117. The van der Waals surface area contributed by atoms with Crippen molar-refractivity contribution in [1.29, 1.82) is 0 Å². The maximum absolute atomic E-state index is 10.9. The van der Waals surface area contributed by atoms with Gasteiger partial charge in [0, 0.05) is 6.42 Å². The quantitative estimate of drug-likeness (QED) is 0.868. The molecule has 4 nitrogen and oxygen atoms in total. The number of rotatable bonds is 6. The number of hydrogen-bond donors (Lipinski definition) is 1. The first-order valence-corrected chi connectivity index (χ1v) is 7.21. The van der Waals surface area contributed by atoms with Gasteiger partial charge in [0.15, 0.2) is 11.5 Å². The van der Waals surface area contributed by atoms with Crippen LogP contribution >= 0.6 is 0 Å². The molecule has 0 amide bonds. The first-order valence-electron chi connectivity index (χ1n) is 7.21. The van der Waals surface area contributed by atoms with Gasteiger partial charge in [-0.25, -0.2) is 0 Å². The van der Waals surface area contributed by atoms with E-state index < -0.39 is 0 Å². The van der Waals surface area contributed by atoms with Gasteiger partial charge in [-0.05, 0) is 56.5 Å². The molecule has 1 aromatic carbocycles. The number of carbonyl (C=O) groups is 1. The van der Waals surface area contributed by atoms with Crippen LogP contribution in [0.2, 0.25) is 0 Å². The summed E-state index contributed by atoms with van der Waals surface area (Å²) in [6, 6.07) is 6.14. The Labute approximate surface area is 120 Å². The molecule has 0 saturated carbocycles. The SMILES string of the molecule is COc1cc(C2CCNCC2)ccc1OCCC(C)=O. The predicted octanol–water partition coefficient (Wildman–Crippen LogP) is 2.52. The molecule has 0 aromatic heterocycles. The van der Waals surface area contributed by atoms with Gasteiger partial charge in [-0.15, -0.1) is 0 Å². The van der Waals surface area contributed by atoms with Crippen LogP contribution in [-0.4, -0.2) is 32.6 Å². The third-order valence-corrected chi connectivity index (χ3v) is 3.71. The molecule has 2 rings (SSSR count). The topological polar surface area (TPSA) is 47.6 Å². The summed E-state index contributed by atoms with van der Waals surface area (Å²) in [6.07, 6.45) is 2.75. The highest BCUT2D eigenvalue weighted by molar-refractivity contribution is 5.75. The van der Waals surface area contributed by atoms with Gasteiger partial charge in [-0.1, -0.05) is 6.07 Å². The van der Waals surface area contributed by atoms with Crippen molar-refractivity contribution in [1.82, 2.24) is 5.32 Å². The minimum absolute atomic E-state index is 0.135. The van der Waals surface area contributed by atoms with E-state index in [9.17, 15) is 4.79 Å². The minimum Gasteiger partial charge on any atom is -0.493 e. The minimum atomic E-state index is 0.135. The lowest BCUT2D eigenvalue weighted by Gasteiger charge is -2.23. The molecular weight excluding hydrogens is 254 g/mol. The van der Waals surface area contributed by atoms with E-state index >= 15 is 0 Å². The van der Waals surface area contributed by atoms with E-state index in [0.717, 1.165) is 31.7 Å². The van der Waals surface area contributed by atoms with Crippen LogP contribution in [0.1, 0.15) is 37.7 Å². The zero-order valence-electron chi connectivity index (χ0n) is 12.3. The second kappa shape index (κ2) is 7.29. The molecule has 0 radical (unpaired) electrons. The summed E-state index contributed by atoms with van der Waals surface area (Å²) < 4.78 is 11.0. The van der Waals surface area contributed by atoms with Gasteiger partial charge in [-0.3, -0.25) is 4.79 Å². The van der Waals surface area contributed by atoms with Crippen LogP contribution in [0.25, 0.3) is 0 Å². The molecule has 4 heteroatoms. The normalized spacial score (nSPS) is 15.9. The van der Waals surface area contributed by atoms with Gasteiger partial charge in [0.25, 0.3) is 0 Å². The van der Waals surface area contributed by atoms with Crippen LogP contribution in [-0.2, 0) is 4.79 Å². The van der Waals surface area contributed by atoms with Crippen LogP contribution in [0.5, 0.6) is 11.5 Å². The van der Waals surface area contributed by atoms with Gasteiger partial charge in [0.05, 0.1) is 13.7 Å². The first kappa shape index (κ1) is 14.9. The highest BCUT2D eigenvalue weighted by Gasteiger charge is 2.17. The van der Waals surface area contributed by atoms with Crippen LogP contribution < -0.4 is 14.8 Å². The predicted molar refractivity (Wildman–Crippen MR) is 78.6 cm³/mol. The van der Waals surface area contributed by atoms with Gasteiger partial charge in [-0.2, -0.15) is 0 Å². The monoisotopic (exact) mass is 277 g/mol. The summed E-state index contributed by atoms with van der Waals surface area (Å²) in [5.74, 6) is 2.20. The fourth-order valence-electron chi connectivity index (χ4n) is 2.52. The van der Waals surface area contributed by atoms with Crippen LogP contribution in [0.15, 0.2) is 18.2 Å². The van der Waals surface area contributed by atoms with Crippen LogP contribution in [0, 0.1) is 0 Å². The summed E-state index contributed by atoms with van der Waals surface area (Å²) in [5.41, 5.74) is 1.31. The summed E-state index contributed by atoms with van der Waals surface area (Å²) >= 11 is 0. The number of hydrogen-bond acceptors (Lipinski definition) is 4. The van der Waals surface area contributed by atoms with Crippen molar-refractivity contribution in [3.63, 3.8) is 0 Å². The number of carbonyl (C=O) groups excluding carboxylic acids is 1. The molecule has 1 aromatic rings. The molecule has 0 aliphatic carbocycles. The van der Waals surface area contributed by atoms with Gasteiger partial charge < -0.3 is 14.8 Å². The zero-order valence-corrected chi connectivity index (χ0v) is 12.3. The molecule has 20 heavy (non-hydrogen) atoms. The molecule has 110 valence electrons. The molecule has 0 spiro atoms. The Morgan fingerprint density at radius 3 is 2.70 bits per heavy atom. The zero-order chi connectivity index (χ0) is 14.4. The van der Waals surface area contributed by atoms with E-state index in [4.69, 9.17) is 9.47 Å². The third-order valence-electron chi connectivity index (χ3n) is 3.71. The van der Waals surface area contributed by atoms with Crippen molar-refractivity contribution in [2.75, 3.05) is 26.8 Å². The number of Topliss-reactive ketones (excluding diaryl/α,β-unsaturated/α-hetero) is 1. The first-order chi connectivity index (χ1) is 9.70. The number of nitrogens with one attached hydrogen (secondary N) is 1. The molecule has 1 N–H and O–H groups in total. The Morgan fingerprint density at radius 1 is 1.30 bits per heavy atom. The lowest BCUT2D eigenvalue weighted by atomic mass is 9.90. The number of methoxy groups -OCH3 is 1. The van der Waals surface area contributed by atoms with E-state index in [-0.39, 0.29) is 5.78 Å². The summed E-state index contributed by atoms with van der Waals surface area (Å²) in [4.78, 5) is 10.9. The average molecular weight is 277 g/mol. The highest BCUT2D eigenvalue weighted by Crippen LogP contribution is 2.33. The molecule has 0 unspecified atom stereocenters.